The van der Waals surface area contributed by atoms with Crippen LogP contribution in [0.3, 0.4) is 0 Å². The van der Waals surface area contributed by atoms with E-state index in [0.29, 0.717) is 18.3 Å². The van der Waals surface area contributed by atoms with E-state index in [0.717, 1.165) is 12.2 Å². The summed E-state index contributed by atoms with van der Waals surface area (Å²) in [5, 5.41) is 12.3. The Morgan fingerprint density at radius 3 is 2.58 bits per heavy atom. The molecule has 2 N–H and O–H groups in total. The highest BCUT2D eigenvalue weighted by molar-refractivity contribution is 8.00. The van der Waals surface area contributed by atoms with Crippen molar-refractivity contribution in [2.45, 2.75) is 45.4 Å². The molecule has 2 atom stereocenters. The summed E-state index contributed by atoms with van der Waals surface area (Å²) in [7, 11) is 0. The monoisotopic (exact) mass is 288 g/mol. The van der Waals surface area contributed by atoms with Gasteiger partial charge in [-0.3, -0.25) is 0 Å². The topological polar surface area (TPSA) is 69.6 Å². The minimum Gasteiger partial charge on any atom is -0.480 e. The first-order valence-corrected chi connectivity index (χ1v) is 7.70. The van der Waals surface area contributed by atoms with Crippen molar-refractivity contribution in [2.75, 3.05) is 18.8 Å². The number of carbonyl (C=O) groups excluding carboxylic acids is 1. The molecule has 110 valence electrons. The Bertz CT molecular complexity index is 341. The molecule has 0 bridgehead atoms. The Morgan fingerprint density at radius 2 is 2.11 bits per heavy atom. The number of hydrogen-bond acceptors (Lipinski definition) is 3. The molecule has 1 heterocycles. The lowest BCUT2D eigenvalue weighted by Gasteiger charge is -2.35. The minimum atomic E-state index is -0.987. The van der Waals surface area contributed by atoms with Gasteiger partial charge in [0, 0.05) is 24.1 Å². The third kappa shape index (κ3) is 4.60. The van der Waals surface area contributed by atoms with E-state index in [1.807, 2.05) is 32.5 Å². The fourth-order valence-electron chi connectivity index (χ4n) is 2.01. The summed E-state index contributed by atoms with van der Waals surface area (Å²) >= 11 is 1.88. The second-order valence-corrected chi connectivity index (χ2v) is 7.34. The predicted octanol–water partition coefficient (Wildman–Crippen LogP) is 2.02. The number of thioether (sulfide) groups is 1. The molecule has 5 nitrogen and oxygen atoms in total. The van der Waals surface area contributed by atoms with Crippen LogP contribution in [0.5, 0.6) is 0 Å². The van der Waals surface area contributed by atoms with E-state index in [1.165, 1.54) is 0 Å². The number of carboxylic acids is 1. The normalized spacial score (nSPS) is 21.9. The van der Waals surface area contributed by atoms with Gasteiger partial charge in [-0.25, -0.2) is 9.59 Å². The molecule has 0 radical (unpaired) electrons. The van der Waals surface area contributed by atoms with Crippen LogP contribution in [0.2, 0.25) is 0 Å². The molecule has 0 aromatic carbocycles. The van der Waals surface area contributed by atoms with Crippen LogP contribution in [-0.4, -0.2) is 52.1 Å². The van der Waals surface area contributed by atoms with E-state index in [9.17, 15) is 14.7 Å². The average molecular weight is 288 g/mol. The van der Waals surface area contributed by atoms with E-state index in [4.69, 9.17) is 0 Å². The molecule has 1 unspecified atom stereocenters. The van der Waals surface area contributed by atoms with Crippen LogP contribution in [0.4, 0.5) is 4.79 Å². The fourth-order valence-corrected chi connectivity index (χ4v) is 3.19. The molecule has 1 fully saturated rings. The highest BCUT2D eigenvalue weighted by Crippen LogP contribution is 2.23. The lowest BCUT2D eigenvalue weighted by molar-refractivity contribution is -0.142. The van der Waals surface area contributed by atoms with Crippen LogP contribution in [0, 0.1) is 5.41 Å². The minimum absolute atomic E-state index is 0.263. The maximum Gasteiger partial charge on any atom is 0.326 e. The maximum absolute atomic E-state index is 12.2. The van der Waals surface area contributed by atoms with Gasteiger partial charge < -0.3 is 15.3 Å². The Morgan fingerprint density at radius 1 is 1.47 bits per heavy atom. The fraction of sp³-hybridized carbons (Fsp3) is 0.846. The van der Waals surface area contributed by atoms with E-state index in [-0.39, 0.29) is 6.03 Å². The van der Waals surface area contributed by atoms with Gasteiger partial charge >= 0.3 is 12.0 Å². The van der Waals surface area contributed by atoms with Crippen molar-refractivity contribution in [1.82, 2.24) is 10.2 Å². The maximum atomic E-state index is 12.2. The van der Waals surface area contributed by atoms with Crippen molar-refractivity contribution in [1.29, 1.82) is 0 Å². The second kappa shape index (κ2) is 6.50. The van der Waals surface area contributed by atoms with Gasteiger partial charge in [-0.05, 0) is 11.8 Å². The average Bonchev–Trinajstić information content (AvgIpc) is 2.33. The summed E-state index contributed by atoms with van der Waals surface area (Å²) in [4.78, 5) is 25.1. The van der Waals surface area contributed by atoms with Crippen molar-refractivity contribution >= 4 is 23.8 Å². The number of nitrogens with one attached hydrogen (secondary N) is 1. The largest absolute Gasteiger partial charge is 0.480 e. The van der Waals surface area contributed by atoms with Crippen molar-refractivity contribution in [3.63, 3.8) is 0 Å². The highest BCUT2D eigenvalue weighted by atomic mass is 32.2. The van der Waals surface area contributed by atoms with Gasteiger partial charge in [-0.15, -0.1) is 0 Å². The quantitative estimate of drug-likeness (QED) is 0.833. The van der Waals surface area contributed by atoms with Crippen molar-refractivity contribution in [3.8, 4) is 0 Å². The molecule has 0 aromatic heterocycles. The van der Waals surface area contributed by atoms with Gasteiger partial charge in [-0.1, -0.05) is 27.7 Å². The molecule has 1 saturated heterocycles. The van der Waals surface area contributed by atoms with Crippen LogP contribution in [0.1, 0.15) is 34.1 Å². The molecule has 0 aliphatic carbocycles. The Kier molecular flexibility index (Phi) is 5.52. The molecule has 19 heavy (non-hydrogen) atoms. The molecule has 6 heteroatoms. The highest BCUT2D eigenvalue weighted by Gasteiger charge is 2.34. The zero-order chi connectivity index (χ0) is 14.6. The van der Waals surface area contributed by atoms with Crippen LogP contribution in [-0.2, 0) is 4.79 Å². The SMILES string of the molecule is CCC1CN(C(=O)N[C@H](C(=O)O)C(C)(C)C)CCS1. The summed E-state index contributed by atoms with van der Waals surface area (Å²) in [5.74, 6) is -0.0709. The van der Waals surface area contributed by atoms with Crippen LogP contribution >= 0.6 is 11.8 Å². The number of amides is 2. The number of urea groups is 1. The van der Waals surface area contributed by atoms with E-state index in [2.05, 4.69) is 12.2 Å². The van der Waals surface area contributed by atoms with Gasteiger partial charge in [-0.2, -0.15) is 11.8 Å². The number of nitrogens with zero attached hydrogens (tertiary/aromatic N) is 1. The molecular formula is C13H24N2O3S. The molecule has 0 aromatic rings. The molecular weight excluding hydrogens is 264 g/mol. The first kappa shape index (κ1) is 16.1. The first-order valence-electron chi connectivity index (χ1n) is 6.65. The smallest absolute Gasteiger partial charge is 0.326 e. The predicted molar refractivity (Wildman–Crippen MR) is 77.5 cm³/mol. The lowest BCUT2D eigenvalue weighted by Crippen LogP contribution is -2.55. The molecule has 0 saturated carbocycles. The van der Waals surface area contributed by atoms with Gasteiger partial charge in [0.05, 0.1) is 0 Å². The zero-order valence-electron chi connectivity index (χ0n) is 12.1. The summed E-state index contributed by atoms with van der Waals surface area (Å²) in [5.41, 5.74) is -0.504. The summed E-state index contributed by atoms with van der Waals surface area (Å²) < 4.78 is 0. The van der Waals surface area contributed by atoms with Gasteiger partial charge in [0.2, 0.25) is 0 Å². The third-order valence-corrected chi connectivity index (χ3v) is 4.63. The van der Waals surface area contributed by atoms with Crippen molar-refractivity contribution < 1.29 is 14.7 Å². The van der Waals surface area contributed by atoms with Crippen molar-refractivity contribution in [3.05, 3.63) is 0 Å². The lowest BCUT2D eigenvalue weighted by atomic mass is 9.87. The Hall–Kier alpha value is -0.910. The van der Waals surface area contributed by atoms with Crippen LogP contribution in [0.15, 0.2) is 0 Å². The number of aliphatic carboxylic acids is 1. The second-order valence-electron chi connectivity index (χ2n) is 5.93. The zero-order valence-corrected chi connectivity index (χ0v) is 12.9. The van der Waals surface area contributed by atoms with Crippen LogP contribution < -0.4 is 5.32 Å². The Balaban J connectivity index is 2.64. The standard InChI is InChI=1S/C13H24N2O3S/c1-5-9-8-15(6-7-19-9)12(18)14-10(11(16)17)13(2,3)4/h9-10H,5-8H2,1-4H3,(H,14,18)(H,16,17)/t9?,10-/m1/s1. The summed E-state index contributed by atoms with van der Waals surface area (Å²) in [6.45, 7) is 8.92. The van der Waals surface area contributed by atoms with E-state index < -0.39 is 17.4 Å². The number of carboxylic acid groups (broad SMARTS) is 1. The first-order chi connectivity index (χ1) is 8.75. The Labute approximate surface area is 119 Å². The van der Waals surface area contributed by atoms with Crippen LogP contribution in [0.25, 0.3) is 0 Å². The molecule has 0 spiro atoms. The third-order valence-electron chi connectivity index (χ3n) is 3.26. The number of carbonyl (C=O) groups is 2. The molecule has 1 rings (SSSR count). The van der Waals surface area contributed by atoms with Gasteiger partial charge in [0.15, 0.2) is 0 Å². The summed E-state index contributed by atoms with van der Waals surface area (Å²) in [6.07, 6.45) is 1.02. The van der Waals surface area contributed by atoms with E-state index in [1.54, 1.807) is 4.90 Å². The van der Waals surface area contributed by atoms with Gasteiger partial charge in [0.25, 0.3) is 0 Å². The number of hydrogen-bond donors (Lipinski definition) is 2. The number of rotatable bonds is 3. The molecule has 2 amide bonds. The van der Waals surface area contributed by atoms with Crippen molar-refractivity contribution in [2.24, 2.45) is 5.41 Å². The van der Waals surface area contributed by atoms with Gasteiger partial charge in [0.1, 0.15) is 6.04 Å². The molecule has 1 aliphatic rings. The van der Waals surface area contributed by atoms with E-state index >= 15 is 0 Å². The summed E-state index contributed by atoms with van der Waals surface area (Å²) in [6, 6.07) is -1.13. The molecule has 1 aliphatic heterocycles.